The molecule has 1 atom stereocenters. The smallest absolute Gasteiger partial charge is 0.344 e. The van der Waals surface area contributed by atoms with E-state index in [9.17, 15) is 22.8 Å². The minimum atomic E-state index is -4.43. The Morgan fingerprint density at radius 2 is 1.89 bits per heavy atom. The molecule has 0 aromatic rings. The van der Waals surface area contributed by atoms with Crippen molar-refractivity contribution in [1.29, 1.82) is 0 Å². The van der Waals surface area contributed by atoms with Gasteiger partial charge in [-0.05, 0) is 18.8 Å². The molecule has 1 N–H and O–H groups in total. The molecule has 2 amide bonds. The van der Waals surface area contributed by atoms with Crippen LogP contribution in [-0.4, -0.2) is 41.0 Å². The Hall–Kier alpha value is -1.27. The number of rotatable bonds is 2. The molecule has 4 nitrogen and oxygen atoms in total. The second-order valence-corrected chi connectivity index (χ2v) is 5.56. The van der Waals surface area contributed by atoms with Crippen LogP contribution in [0, 0.1) is 5.92 Å². The van der Waals surface area contributed by atoms with E-state index >= 15 is 0 Å². The molecular weight excluding hydrogens is 261 g/mol. The summed E-state index contributed by atoms with van der Waals surface area (Å²) in [5.41, 5.74) is -2.04. The zero-order valence-corrected chi connectivity index (χ0v) is 10.9. The van der Waals surface area contributed by atoms with Gasteiger partial charge in [0.1, 0.15) is 11.6 Å². The van der Waals surface area contributed by atoms with Crippen molar-refractivity contribution in [3.8, 4) is 0 Å². The van der Waals surface area contributed by atoms with Crippen molar-refractivity contribution < 1.29 is 22.8 Å². The van der Waals surface area contributed by atoms with E-state index in [1.54, 1.807) is 13.8 Å². The Kier molecular flexibility index (Phi) is 3.26. The number of carbonyl (C=O) groups excluding carboxylic acids is 2. The molecule has 108 valence electrons. The molecule has 19 heavy (non-hydrogen) atoms. The molecule has 7 heteroatoms. The van der Waals surface area contributed by atoms with Crippen LogP contribution in [0.15, 0.2) is 0 Å². The molecule has 0 bridgehead atoms. The van der Waals surface area contributed by atoms with Crippen molar-refractivity contribution in [2.45, 2.75) is 50.9 Å². The molecule has 2 aliphatic rings. The number of nitrogens with zero attached hydrogens (tertiary/aromatic N) is 1. The lowest BCUT2D eigenvalue weighted by Crippen LogP contribution is -2.56. The lowest BCUT2D eigenvalue weighted by atomic mass is 10.0. The molecule has 1 heterocycles. The van der Waals surface area contributed by atoms with Crippen LogP contribution in [0.2, 0.25) is 0 Å². The average Bonchev–Trinajstić information content (AvgIpc) is 3.05. The van der Waals surface area contributed by atoms with Crippen molar-refractivity contribution in [2.24, 2.45) is 5.92 Å². The fourth-order valence-corrected chi connectivity index (χ4v) is 2.50. The van der Waals surface area contributed by atoms with Crippen LogP contribution in [0.25, 0.3) is 0 Å². The van der Waals surface area contributed by atoms with E-state index in [-0.39, 0.29) is 37.6 Å². The van der Waals surface area contributed by atoms with Crippen molar-refractivity contribution in [3.05, 3.63) is 0 Å². The van der Waals surface area contributed by atoms with Crippen LogP contribution in [0.5, 0.6) is 0 Å². The van der Waals surface area contributed by atoms with E-state index in [2.05, 4.69) is 5.32 Å². The summed E-state index contributed by atoms with van der Waals surface area (Å²) in [5, 5.41) is 2.51. The third-order valence-corrected chi connectivity index (χ3v) is 3.85. The predicted molar refractivity (Wildman–Crippen MR) is 61.1 cm³/mol. The number of hydrogen-bond donors (Lipinski definition) is 1. The number of halogens is 3. The van der Waals surface area contributed by atoms with Gasteiger partial charge >= 0.3 is 6.18 Å². The molecule has 1 saturated carbocycles. The molecule has 0 aromatic carbocycles. The van der Waals surface area contributed by atoms with E-state index in [0.29, 0.717) is 0 Å². The summed E-state index contributed by atoms with van der Waals surface area (Å²) in [5.74, 6) is -1.22. The van der Waals surface area contributed by atoms with Crippen molar-refractivity contribution in [3.63, 3.8) is 0 Å². The summed E-state index contributed by atoms with van der Waals surface area (Å²) in [6.07, 6.45) is -4.65. The molecular formula is C12H17F3N2O2. The van der Waals surface area contributed by atoms with Gasteiger partial charge in [0.15, 0.2) is 0 Å². The zero-order valence-electron chi connectivity index (χ0n) is 10.9. The quantitative estimate of drug-likeness (QED) is 0.831. The van der Waals surface area contributed by atoms with Gasteiger partial charge < -0.3 is 10.2 Å². The third kappa shape index (κ3) is 2.30. The minimum Gasteiger partial charge on any atom is -0.344 e. The molecule has 0 aromatic heterocycles. The second kappa shape index (κ2) is 4.38. The molecule has 0 radical (unpaired) electrons. The maximum Gasteiger partial charge on any atom is 0.411 e. The highest BCUT2D eigenvalue weighted by Gasteiger charge is 2.68. The Morgan fingerprint density at radius 1 is 1.32 bits per heavy atom. The van der Waals surface area contributed by atoms with Gasteiger partial charge in [0.05, 0.1) is 0 Å². The Morgan fingerprint density at radius 3 is 2.32 bits per heavy atom. The predicted octanol–water partition coefficient (Wildman–Crippen LogP) is 1.45. The maximum absolute atomic E-state index is 13.1. The van der Waals surface area contributed by atoms with Gasteiger partial charge in [-0.2, -0.15) is 13.2 Å². The molecule has 1 aliphatic carbocycles. The summed E-state index contributed by atoms with van der Waals surface area (Å²) in [6.45, 7) is 3.26. The van der Waals surface area contributed by atoms with Gasteiger partial charge in [-0.25, -0.2) is 0 Å². The van der Waals surface area contributed by atoms with Crippen LogP contribution in [-0.2, 0) is 9.59 Å². The standard InChI is InChI=1S/C12H17F3N2O2/c1-7(2)9-10(19)17(6-3-8(18)16-9)11(4-5-11)12(13,14)15/h7,9H,3-6H2,1-2H3,(H,16,18). The monoisotopic (exact) mass is 278 g/mol. The molecule has 1 saturated heterocycles. The van der Waals surface area contributed by atoms with E-state index in [4.69, 9.17) is 0 Å². The summed E-state index contributed by atoms with van der Waals surface area (Å²) >= 11 is 0. The van der Waals surface area contributed by atoms with E-state index in [0.717, 1.165) is 4.90 Å². The van der Waals surface area contributed by atoms with Crippen LogP contribution < -0.4 is 5.32 Å². The van der Waals surface area contributed by atoms with Crippen LogP contribution in [0.4, 0.5) is 13.2 Å². The normalized spacial score (nSPS) is 27.3. The Labute approximate surface area is 109 Å². The van der Waals surface area contributed by atoms with E-state index < -0.39 is 23.7 Å². The van der Waals surface area contributed by atoms with Gasteiger partial charge in [-0.1, -0.05) is 13.8 Å². The summed E-state index contributed by atoms with van der Waals surface area (Å²) < 4.78 is 39.3. The number of amides is 2. The van der Waals surface area contributed by atoms with Gasteiger partial charge in [0.2, 0.25) is 11.8 Å². The van der Waals surface area contributed by atoms with Gasteiger partial charge in [0, 0.05) is 13.0 Å². The van der Waals surface area contributed by atoms with Crippen LogP contribution in [0.3, 0.4) is 0 Å². The van der Waals surface area contributed by atoms with E-state index in [1.165, 1.54) is 0 Å². The van der Waals surface area contributed by atoms with Gasteiger partial charge in [-0.15, -0.1) is 0 Å². The first-order chi connectivity index (χ1) is 8.69. The van der Waals surface area contributed by atoms with E-state index in [1.807, 2.05) is 0 Å². The van der Waals surface area contributed by atoms with Crippen molar-refractivity contribution in [1.82, 2.24) is 10.2 Å². The first kappa shape index (κ1) is 14.1. The largest absolute Gasteiger partial charge is 0.411 e. The summed E-state index contributed by atoms with van der Waals surface area (Å²) in [7, 11) is 0. The molecule has 1 unspecified atom stereocenters. The minimum absolute atomic E-state index is 0.0682. The lowest BCUT2D eigenvalue weighted by molar-refractivity contribution is -0.200. The Balaban J connectivity index is 2.30. The molecule has 1 aliphatic heterocycles. The molecule has 0 spiro atoms. The number of alkyl halides is 3. The van der Waals surface area contributed by atoms with Gasteiger partial charge in [0.25, 0.3) is 0 Å². The number of carbonyl (C=O) groups is 2. The SMILES string of the molecule is CC(C)C1NC(=O)CCN(C2(C(F)(F)F)CC2)C1=O. The first-order valence-electron chi connectivity index (χ1n) is 6.36. The summed E-state index contributed by atoms with van der Waals surface area (Å²) in [6, 6.07) is -0.866. The third-order valence-electron chi connectivity index (χ3n) is 3.85. The highest BCUT2D eigenvalue weighted by molar-refractivity contribution is 5.91. The fraction of sp³-hybridized carbons (Fsp3) is 0.833. The average molecular weight is 278 g/mol. The number of nitrogens with one attached hydrogen (secondary N) is 1. The molecule has 2 rings (SSSR count). The number of hydrogen-bond acceptors (Lipinski definition) is 2. The van der Waals surface area contributed by atoms with Crippen molar-refractivity contribution >= 4 is 11.8 Å². The first-order valence-corrected chi connectivity index (χ1v) is 6.36. The topological polar surface area (TPSA) is 49.4 Å². The molecule has 2 fully saturated rings. The lowest BCUT2D eigenvalue weighted by Gasteiger charge is -2.34. The van der Waals surface area contributed by atoms with Gasteiger partial charge in [-0.3, -0.25) is 9.59 Å². The highest BCUT2D eigenvalue weighted by atomic mass is 19.4. The maximum atomic E-state index is 13.1. The summed E-state index contributed by atoms with van der Waals surface area (Å²) in [4.78, 5) is 24.7. The Bertz CT molecular complexity index is 402. The fourth-order valence-electron chi connectivity index (χ4n) is 2.50. The van der Waals surface area contributed by atoms with Crippen LogP contribution >= 0.6 is 0 Å². The van der Waals surface area contributed by atoms with Crippen LogP contribution in [0.1, 0.15) is 33.1 Å². The highest BCUT2D eigenvalue weighted by Crippen LogP contribution is 2.54. The zero-order chi connectivity index (χ0) is 14.4. The van der Waals surface area contributed by atoms with Crippen molar-refractivity contribution in [2.75, 3.05) is 6.54 Å². The second-order valence-electron chi connectivity index (χ2n) is 5.56.